The van der Waals surface area contributed by atoms with Gasteiger partial charge in [-0.3, -0.25) is 9.59 Å². The molecule has 2 aromatic heterocycles. The predicted octanol–water partition coefficient (Wildman–Crippen LogP) is 2.64. The fourth-order valence-electron chi connectivity index (χ4n) is 3.76. The fraction of sp³-hybridized carbons (Fsp3) is 0.429. The molecule has 8 nitrogen and oxygen atoms in total. The van der Waals surface area contributed by atoms with E-state index in [0.717, 1.165) is 18.4 Å². The van der Waals surface area contributed by atoms with Crippen molar-refractivity contribution in [3.63, 3.8) is 0 Å². The molecule has 0 saturated carbocycles. The number of carbonyl (C=O) groups is 2. The second kappa shape index (κ2) is 8.06. The number of aryl methyl sites for hydroxylation is 2. The zero-order valence-corrected chi connectivity index (χ0v) is 16.6. The molecule has 0 aliphatic carbocycles. The van der Waals surface area contributed by atoms with Gasteiger partial charge in [0.2, 0.25) is 11.8 Å². The summed E-state index contributed by atoms with van der Waals surface area (Å²) < 4.78 is 10.7. The summed E-state index contributed by atoms with van der Waals surface area (Å²) >= 11 is 0. The molecule has 0 bridgehead atoms. The van der Waals surface area contributed by atoms with E-state index in [2.05, 4.69) is 15.5 Å². The Morgan fingerprint density at radius 3 is 2.66 bits per heavy atom. The van der Waals surface area contributed by atoms with Gasteiger partial charge in [-0.15, -0.1) is 0 Å². The van der Waals surface area contributed by atoms with Crippen molar-refractivity contribution in [1.82, 2.24) is 20.4 Å². The normalized spacial score (nSPS) is 15.0. The summed E-state index contributed by atoms with van der Waals surface area (Å²) in [5.41, 5.74) is 2.57. The Hall–Kier alpha value is -3.16. The second-order valence-electron chi connectivity index (χ2n) is 7.49. The van der Waals surface area contributed by atoms with Crippen LogP contribution < -0.4 is 5.32 Å². The molecule has 1 aromatic carbocycles. The SMILES string of the molecule is Cc1noc(C)c1C(=O)NCC1CCN(C(=O)Cc2nc3ccccc3o2)CC1. The number of aromatic nitrogens is 2. The van der Waals surface area contributed by atoms with Gasteiger partial charge < -0.3 is 19.2 Å². The largest absolute Gasteiger partial charge is 0.440 e. The molecule has 1 aliphatic heterocycles. The van der Waals surface area contributed by atoms with E-state index in [1.54, 1.807) is 13.8 Å². The van der Waals surface area contributed by atoms with Crippen molar-refractivity contribution in [2.75, 3.05) is 19.6 Å². The van der Waals surface area contributed by atoms with Gasteiger partial charge in [-0.1, -0.05) is 17.3 Å². The lowest BCUT2D eigenvalue weighted by Gasteiger charge is -2.31. The number of likely N-dealkylation sites (tertiary alicyclic amines) is 1. The number of fused-ring (bicyclic) bond motifs is 1. The molecule has 0 spiro atoms. The van der Waals surface area contributed by atoms with Crippen molar-refractivity contribution < 1.29 is 18.5 Å². The summed E-state index contributed by atoms with van der Waals surface area (Å²) in [6.07, 6.45) is 1.87. The van der Waals surface area contributed by atoms with E-state index in [9.17, 15) is 9.59 Å². The number of nitrogens with zero attached hydrogens (tertiary/aromatic N) is 3. The van der Waals surface area contributed by atoms with E-state index in [1.165, 1.54) is 0 Å². The first-order valence-corrected chi connectivity index (χ1v) is 9.84. The number of amides is 2. The lowest BCUT2D eigenvalue weighted by Crippen LogP contribution is -2.42. The van der Waals surface area contributed by atoms with Crippen LogP contribution in [0.3, 0.4) is 0 Å². The Balaban J connectivity index is 1.25. The first-order chi connectivity index (χ1) is 14.0. The van der Waals surface area contributed by atoms with Crippen LogP contribution in [0.25, 0.3) is 11.1 Å². The first kappa shape index (κ1) is 19.2. The fourth-order valence-corrected chi connectivity index (χ4v) is 3.76. The number of benzene rings is 1. The molecule has 3 heterocycles. The van der Waals surface area contributed by atoms with E-state index in [-0.39, 0.29) is 18.2 Å². The monoisotopic (exact) mass is 396 g/mol. The number of para-hydroxylation sites is 2. The van der Waals surface area contributed by atoms with Crippen LogP contribution in [-0.2, 0) is 11.2 Å². The van der Waals surface area contributed by atoms with Crippen LogP contribution >= 0.6 is 0 Å². The highest BCUT2D eigenvalue weighted by molar-refractivity contribution is 5.96. The third kappa shape index (κ3) is 4.16. The van der Waals surface area contributed by atoms with Gasteiger partial charge in [-0.2, -0.15) is 0 Å². The number of rotatable bonds is 5. The number of hydrogen-bond acceptors (Lipinski definition) is 6. The lowest BCUT2D eigenvalue weighted by atomic mass is 9.96. The molecule has 1 saturated heterocycles. The van der Waals surface area contributed by atoms with Gasteiger partial charge in [0.05, 0.1) is 5.69 Å². The molecule has 1 N–H and O–H groups in total. The topological polar surface area (TPSA) is 101 Å². The number of nitrogens with one attached hydrogen (secondary N) is 1. The maximum absolute atomic E-state index is 12.6. The average molecular weight is 396 g/mol. The minimum atomic E-state index is -0.157. The van der Waals surface area contributed by atoms with Gasteiger partial charge >= 0.3 is 0 Å². The molecule has 1 aliphatic rings. The van der Waals surface area contributed by atoms with Crippen LogP contribution in [-0.4, -0.2) is 46.5 Å². The summed E-state index contributed by atoms with van der Waals surface area (Å²) in [4.78, 5) is 31.2. The maximum atomic E-state index is 12.6. The highest BCUT2D eigenvalue weighted by atomic mass is 16.5. The lowest BCUT2D eigenvalue weighted by molar-refractivity contribution is -0.132. The maximum Gasteiger partial charge on any atom is 0.256 e. The van der Waals surface area contributed by atoms with E-state index >= 15 is 0 Å². The third-order valence-corrected chi connectivity index (χ3v) is 5.42. The number of carbonyl (C=O) groups excluding carboxylic acids is 2. The van der Waals surface area contributed by atoms with Crippen molar-refractivity contribution in [3.05, 3.63) is 47.2 Å². The highest BCUT2D eigenvalue weighted by Gasteiger charge is 2.25. The average Bonchev–Trinajstić information content (AvgIpc) is 3.28. The summed E-state index contributed by atoms with van der Waals surface area (Å²) in [6, 6.07) is 7.49. The molecule has 0 radical (unpaired) electrons. The van der Waals surface area contributed by atoms with Crippen LogP contribution in [0.4, 0.5) is 0 Å². The Labute approximate surface area is 168 Å². The molecule has 0 atom stereocenters. The van der Waals surface area contributed by atoms with Crippen LogP contribution in [0, 0.1) is 19.8 Å². The zero-order valence-electron chi connectivity index (χ0n) is 16.6. The minimum Gasteiger partial charge on any atom is -0.440 e. The molecular weight excluding hydrogens is 372 g/mol. The van der Waals surface area contributed by atoms with Crippen molar-refractivity contribution in [2.24, 2.45) is 5.92 Å². The Morgan fingerprint density at radius 1 is 1.21 bits per heavy atom. The van der Waals surface area contributed by atoms with E-state index in [0.29, 0.717) is 54.0 Å². The van der Waals surface area contributed by atoms with Crippen molar-refractivity contribution in [1.29, 1.82) is 0 Å². The van der Waals surface area contributed by atoms with Crippen LogP contribution in [0.15, 0.2) is 33.2 Å². The summed E-state index contributed by atoms with van der Waals surface area (Å²) in [6.45, 7) is 5.41. The van der Waals surface area contributed by atoms with Crippen molar-refractivity contribution in [2.45, 2.75) is 33.1 Å². The van der Waals surface area contributed by atoms with Gasteiger partial charge in [-0.05, 0) is 44.7 Å². The summed E-state index contributed by atoms with van der Waals surface area (Å²) in [5.74, 6) is 1.18. The van der Waals surface area contributed by atoms with Crippen molar-refractivity contribution >= 4 is 22.9 Å². The van der Waals surface area contributed by atoms with Crippen LogP contribution in [0.2, 0.25) is 0 Å². The number of piperidine rings is 1. The molecule has 29 heavy (non-hydrogen) atoms. The van der Waals surface area contributed by atoms with Crippen LogP contribution in [0.1, 0.15) is 40.5 Å². The predicted molar refractivity (Wildman–Crippen MR) is 105 cm³/mol. The summed E-state index contributed by atoms with van der Waals surface area (Å²) in [7, 11) is 0. The Morgan fingerprint density at radius 2 is 1.97 bits per heavy atom. The molecule has 1 fully saturated rings. The quantitative estimate of drug-likeness (QED) is 0.711. The smallest absolute Gasteiger partial charge is 0.256 e. The molecule has 152 valence electrons. The Bertz CT molecular complexity index is 978. The number of hydrogen-bond donors (Lipinski definition) is 1. The van der Waals surface area contributed by atoms with Gasteiger partial charge in [-0.25, -0.2) is 4.98 Å². The van der Waals surface area contributed by atoms with Gasteiger partial charge in [0.1, 0.15) is 23.3 Å². The molecule has 8 heteroatoms. The third-order valence-electron chi connectivity index (χ3n) is 5.42. The first-order valence-electron chi connectivity index (χ1n) is 9.84. The highest BCUT2D eigenvalue weighted by Crippen LogP contribution is 2.20. The standard InChI is InChI=1S/C21H24N4O4/c1-13-20(14(2)29-24-13)21(27)22-12-15-7-9-25(10-8-15)19(26)11-18-23-16-5-3-4-6-17(16)28-18/h3-6,15H,7-12H2,1-2H3,(H,22,27). The zero-order chi connectivity index (χ0) is 20.4. The molecule has 3 aromatic rings. The van der Waals surface area contributed by atoms with E-state index in [4.69, 9.17) is 8.94 Å². The number of oxazole rings is 1. The second-order valence-corrected chi connectivity index (χ2v) is 7.49. The van der Waals surface area contributed by atoms with Crippen LogP contribution in [0.5, 0.6) is 0 Å². The van der Waals surface area contributed by atoms with Gasteiger partial charge in [0.15, 0.2) is 5.58 Å². The van der Waals surface area contributed by atoms with Gasteiger partial charge in [0.25, 0.3) is 5.91 Å². The van der Waals surface area contributed by atoms with E-state index < -0.39 is 0 Å². The van der Waals surface area contributed by atoms with Crippen molar-refractivity contribution in [3.8, 4) is 0 Å². The Kier molecular flexibility index (Phi) is 5.33. The molecular formula is C21H24N4O4. The molecule has 2 amide bonds. The summed E-state index contributed by atoms with van der Waals surface area (Å²) in [5, 5.41) is 6.78. The van der Waals surface area contributed by atoms with Gasteiger partial charge in [0, 0.05) is 19.6 Å². The van der Waals surface area contributed by atoms with E-state index in [1.807, 2.05) is 29.2 Å². The molecule has 4 rings (SSSR count). The molecule has 0 unspecified atom stereocenters. The minimum absolute atomic E-state index is 0.0229.